The molecule has 0 fully saturated rings. The second-order valence-electron chi connectivity index (χ2n) is 6.26. The van der Waals surface area contributed by atoms with Gasteiger partial charge in [-0.05, 0) is 23.8 Å². The maximum Gasteiger partial charge on any atom is 0.416 e. The van der Waals surface area contributed by atoms with Crippen LogP contribution in [-0.2, 0) is 17.5 Å². The number of aliphatic hydroxyl groups excluding tert-OH is 2. The molecule has 1 aromatic heterocycles. The van der Waals surface area contributed by atoms with Crippen molar-refractivity contribution >= 4 is 27.5 Å². The molecule has 0 aliphatic rings. The molecule has 0 aliphatic heterocycles. The van der Waals surface area contributed by atoms with Crippen molar-refractivity contribution in [2.75, 3.05) is 7.05 Å². The minimum absolute atomic E-state index is 0.104. The summed E-state index contributed by atoms with van der Waals surface area (Å²) in [4.78, 5) is 17.6. The van der Waals surface area contributed by atoms with Gasteiger partial charge in [0.05, 0.1) is 15.8 Å². The fourth-order valence-corrected chi connectivity index (χ4v) is 3.76. The number of hydrogen-bond donors (Lipinski definition) is 2. The number of thiazole rings is 1. The molecule has 0 spiro atoms. The molecule has 0 radical (unpaired) electrons. The van der Waals surface area contributed by atoms with Crippen molar-refractivity contribution in [2.24, 2.45) is 0 Å². The van der Waals surface area contributed by atoms with E-state index in [9.17, 15) is 28.2 Å². The van der Waals surface area contributed by atoms with E-state index in [0.29, 0.717) is 5.52 Å². The highest BCUT2D eigenvalue weighted by molar-refractivity contribution is 7.18. The summed E-state index contributed by atoms with van der Waals surface area (Å²) in [6, 6.07) is 12.0. The predicted octanol–water partition coefficient (Wildman–Crippen LogP) is 3.37. The normalized spacial score (nSPS) is 14.1. The number of rotatable bonds is 5. The van der Waals surface area contributed by atoms with Gasteiger partial charge in [-0.25, -0.2) is 4.98 Å². The molecule has 2 atom stereocenters. The number of fused-ring (bicyclic) bond motifs is 1. The molecule has 9 heteroatoms. The second-order valence-corrected chi connectivity index (χ2v) is 7.32. The lowest BCUT2D eigenvalue weighted by atomic mass is 10.1. The SMILES string of the molecule is CN(Cc1ccccc1C(F)(F)F)C(=O)C(O)C(O)c1nc2ccccc2s1. The van der Waals surface area contributed by atoms with Crippen LogP contribution in [0.15, 0.2) is 48.5 Å². The Bertz CT molecular complexity index is 957. The minimum Gasteiger partial charge on any atom is -0.383 e. The highest BCUT2D eigenvalue weighted by Crippen LogP contribution is 2.33. The first-order valence-corrected chi connectivity index (χ1v) is 9.12. The highest BCUT2D eigenvalue weighted by atomic mass is 32.1. The molecule has 1 heterocycles. The highest BCUT2D eigenvalue weighted by Gasteiger charge is 2.35. The molecule has 3 rings (SSSR count). The Morgan fingerprint density at radius 2 is 1.79 bits per heavy atom. The second kappa shape index (κ2) is 7.86. The Balaban J connectivity index is 1.76. The first-order valence-electron chi connectivity index (χ1n) is 8.30. The molecule has 5 nitrogen and oxygen atoms in total. The molecule has 1 amide bonds. The number of aromatic nitrogens is 1. The number of likely N-dealkylation sites (N-methyl/N-ethyl adjacent to an activating group) is 1. The van der Waals surface area contributed by atoms with Gasteiger partial charge in [-0.2, -0.15) is 13.2 Å². The zero-order chi connectivity index (χ0) is 20.5. The Morgan fingerprint density at radius 1 is 1.14 bits per heavy atom. The number of amides is 1. The average Bonchev–Trinajstić information content (AvgIpc) is 3.10. The number of hydrogen-bond acceptors (Lipinski definition) is 5. The van der Waals surface area contributed by atoms with Crippen LogP contribution in [0.25, 0.3) is 10.2 Å². The van der Waals surface area contributed by atoms with Gasteiger partial charge < -0.3 is 15.1 Å². The van der Waals surface area contributed by atoms with Gasteiger partial charge in [0.15, 0.2) is 6.10 Å². The maximum atomic E-state index is 13.1. The van der Waals surface area contributed by atoms with Gasteiger partial charge in [-0.3, -0.25) is 4.79 Å². The zero-order valence-electron chi connectivity index (χ0n) is 14.7. The third-order valence-electron chi connectivity index (χ3n) is 4.22. The molecular weight excluding hydrogens is 393 g/mol. The van der Waals surface area contributed by atoms with Gasteiger partial charge in [0.1, 0.15) is 11.1 Å². The summed E-state index contributed by atoms with van der Waals surface area (Å²) in [5.74, 6) is -0.899. The number of para-hydroxylation sites is 1. The van der Waals surface area contributed by atoms with E-state index in [1.807, 2.05) is 0 Å². The van der Waals surface area contributed by atoms with Crippen molar-refractivity contribution in [1.29, 1.82) is 0 Å². The van der Waals surface area contributed by atoms with Gasteiger partial charge in [-0.15, -0.1) is 11.3 Å². The van der Waals surface area contributed by atoms with Crippen molar-refractivity contribution in [1.82, 2.24) is 9.88 Å². The van der Waals surface area contributed by atoms with Crippen LogP contribution in [0.2, 0.25) is 0 Å². The van der Waals surface area contributed by atoms with Crippen LogP contribution in [0.3, 0.4) is 0 Å². The van der Waals surface area contributed by atoms with Crippen molar-refractivity contribution in [3.8, 4) is 0 Å². The standard InChI is InChI=1S/C19H17F3N2O3S/c1-24(10-11-6-2-3-7-12(11)19(20,21)22)18(27)16(26)15(25)17-23-13-8-4-5-9-14(13)28-17/h2-9,15-16,25-26H,10H2,1H3. The number of benzene rings is 2. The Hall–Kier alpha value is -2.49. The topological polar surface area (TPSA) is 73.7 Å². The summed E-state index contributed by atoms with van der Waals surface area (Å²) < 4.78 is 40.1. The van der Waals surface area contributed by atoms with E-state index in [-0.39, 0.29) is 17.1 Å². The summed E-state index contributed by atoms with van der Waals surface area (Å²) in [6.45, 7) is -0.363. The molecule has 2 aromatic carbocycles. The fourth-order valence-electron chi connectivity index (χ4n) is 2.78. The molecule has 3 aromatic rings. The molecule has 28 heavy (non-hydrogen) atoms. The van der Waals surface area contributed by atoms with Gasteiger partial charge in [0.2, 0.25) is 0 Å². The van der Waals surface area contributed by atoms with Gasteiger partial charge in [0.25, 0.3) is 5.91 Å². The molecule has 0 saturated carbocycles. The zero-order valence-corrected chi connectivity index (χ0v) is 15.5. The number of carbonyl (C=O) groups is 1. The minimum atomic E-state index is -4.56. The summed E-state index contributed by atoms with van der Waals surface area (Å²) in [5.41, 5.74) is -0.336. The lowest BCUT2D eigenvalue weighted by molar-refractivity contribution is -0.147. The Labute approximate surface area is 162 Å². The number of halogens is 3. The summed E-state index contributed by atoms with van der Waals surface area (Å²) in [6.07, 6.45) is -7.98. The van der Waals surface area contributed by atoms with Crippen molar-refractivity contribution in [2.45, 2.75) is 24.9 Å². The summed E-state index contributed by atoms with van der Waals surface area (Å²) in [7, 11) is 1.27. The largest absolute Gasteiger partial charge is 0.416 e. The summed E-state index contributed by atoms with van der Waals surface area (Å²) in [5, 5.41) is 20.7. The van der Waals surface area contributed by atoms with Crippen LogP contribution in [0.5, 0.6) is 0 Å². The van der Waals surface area contributed by atoms with Crippen LogP contribution >= 0.6 is 11.3 Å². The van der Waals surface area contributed by atoms with E-state index in [1.165, 1.54) is 25.2 Å². The van der Waals surface area contributed by atoms with Gasteiger partial charge in [-0.1, -0.05) is 30.3 Å². The number of carbonyl (C=O) groups excluding carboxylic acids is 1. The van der Waals surface area contributed by atoms with Crippen LogP contribution < -0.4 is 0 Å². The number of aliphatic hydroxyl groups is 2. The quantitative estimate of drug-likeness (QED) is 0.677. The van der Waals surface area contributed by atoms with E-state index >= 15 is 0 Å². The predicted molar refractivity (Wildman–Crippen MR) is 98.5 cm³/mol. The Morgan fingerprint density at radius 3 is 2.46 bits per heavy atom. The van der Waals surface area contributed by atoms with Crippen LogP contribution in [0.4, 0.5) is 13.2 Å². The van der Waals surface area contributed by atoms with Crippen LogP contribution in [0.1, 0.15) is 22.2 Å². The average molecular weight is 410 g/mol. The number of alkyl halides is 3. The van der Waals surface area contributed by atoms with Crippen LogP contribution in [0, 0.1) is 0 Å². The molecule has 148 valence electrons. The smallest absolute Gasteiger partial charge is 0.383 e. The monoisotopic (exact) mass is 410 g/mol. The third kappa shape index (κ3) is 4.16. The Kier molecular flexibility index (Phi) is 5.69. The van der Waals surface area contributed by atoms with E-state index < -0.39 is 29.9 Å². The first-order chi connectivity index (χ1) is 13.2. The van der Waals surface area contributed by atoms with Crippen molar-refractivity contribution in [3.63, 3.8) is 0 Å². The molecule has 2 N–H and O–H groups in total. The van der Waals surface area contributed by atoms with E-state index in [0.717, 1.165) is 27.0 Å². The third-order valence-corrected chi connectivity index (χ3v) is 5.33. The van der Waals surface area contributed by atoms with Crippen molar-refractivity contribution in [3.05, 3.63) is 64.7 Å². The molecule has 0 saturated heterocycles. The lowest BCUT2D eigenvalue weighted by Crippen LogP contribution is -2.39. The first kappa shape index (κ1) is 20.2. The fraction of sp³-hybridized carbons (Fsp3) is 0.263. The van der Waals surface area contributed by atoms with E-state index in [2.05, 4.69) is 4.98 Å². The molecule has 0 aliphatic carbocycles. The van der Waals surface area contributed by atoms with Gasteiger partial charge in [0, 0.05) is 13.6 Å². The molecule has 2 unspecified atom stereocenters. The molecule has 0 bridgehead atoms. The van der Waals surface area contributed by atoms with Crippen molar-refractivity contribution < 1.29 is 28.2 Å². The molecular formula is C19H17F3N2O3S. The van der Waals surface area contributed by atoms with Crippen LogP contribution in [-0.4, -0.2) is 39.2 Å². The van der Waals surface area contributed by atoms with E-state index in [4.69, 9.17) is 0 Å². The van der Waals surface area contributed by atoms with E-state index in [1.54, 1.807) is 24.3 Å². The van der Waals surface area contributed by atoms with Gasteiger partial charge >= 0.3 is 6.18 Å². The maximum absolute atomic E-state index is 13.1. The lowest BCUT2D eigenvalue weighted by Gasteiger charge is -2.24. The summed E-state index contributed by atoms with van der Waals surface area (Å²) >= 11 is 1.13. The number of nitrogens with zero attached hydrogens (tertiary/aromatic N) is 2.